The summed E-state index contributed by atoms with van der Waals surface area (Å²) in [6.45, 7) is 7.80. The maximum atomic E-state index is 14.1. The summed E-state index contributed by atoms with van der Waals surface area (Å²) < 4.78 is 12.6. The van der Waals surface area contributed by atoms with Gasteiger partial charge in [0.05, 0.1) is 5.52 Å². The quantitative estimate of drug-likeness (QED) is 0.393. The van der Waals surface area contributed by atoms with Gasteiger partial charge in [-0.2, -0.15) is 0 Å². The Morgan fingerprint density at radius 2 is 1.76 bits per heavy atom. The van der Waals surface area contributed by atoms with Gasteiger partial charge in [-0.05, 0) is 62.6 Å². The highest BCUT2D eigenvalue weighted by Gasteiger charge is 2.35. The molecule has 2 amide bonds. The molecule has 0 aliphatic carbocycles. The van der Waals surface area contributed by atoms with E-state index in [1.54, 1.807) is 22.9 Å². The van der Waals surface area contributed by atoms with Crippen LogP contribution in [-0.4, -0.2) is 39.1 Å². The summed E-state index contributed by atoms with van der Waals surface area (Å²) in [4.78, 5) is 29.5. The number of hydrogen-bond donors (Lipinski definition) is 1. The molecule has 2 heterocycles. The third-order valence-electron chi connectivity index (χ3n) is 6.32. The van der Waals surface area contributed by atoms with E-state index in [1.807, 2.05) is 69.3 Å². The summed E-state index contributed by atoms with van der Waals surface area (Å²) in [6.07, 6.45) is 0.864. The molecular formula is C29H31N5O4. The van der Waals surface area contributed by atoms with Crippen molar-refractivity contribution in [1.29, 1.82) is 0 Å². The van der Waals surface area contributed by atoms with Gasteiger partial charge in [0, 0.05) is 17.3 Å². The van der Waals surface area contributed by atoms with Crippen LogP contribution in [0.25, 0.3) is 11.0 Å². The minimum absolute atomic E-state index is 0.101. The number of carbonyl (C=O) groups is 2. The van der Waals surface area contributed by atoms with E-state index < -0.39 is 11.6 Å². The molecule has 0 unspecified atom stereocenters. The van der Waals surface area contributed by atoms with Crippen molar-refractivity contribution in [3.05, 3.63) is 77.9 Å². The summed E-state index contributed by atoms with van der Waals surface area (Å²) in [5.74, 6) is 0.485. The number of anilines is 1. The second kappa shape index (κ2) is 10.2. The number of carbonyl (C=O) groups excluding carboxylic acids is 2. The molecule has 1 atom stereocenters. The third kappa shape index (κ3) is 5.18. The van der Waals surface area contributed by atoms with Crippen LogP contribution < -0.4 is 19.7 Å². The number of para-hydroxylation sites is 1. The molecule has 38 heavy (non-hydrogen) atoms. The number of ether oxygens (including phenoxy) is 2. The molecule has 196 valence electrons. The zero-order chi connectivity index (χ0) is 26.9. The average molecular weight is 514 g/mol. The first-order valence-electron chi connectivity index (χ1n) is 12.6. The lowest BCUT2D eigenvalue weighted by atomic mass is 9.99. The maximum absolute atomic E-state index is 14.1. The average Bonchev–Trinajstić information content (AvgIpc) is 3.53. The molecule has 3 aromatic carbocycles. The fourth-order valence-electron chi connectivity index (χ4n) is 4.50. The summed E-state index contributed by atoms with van der Waals surface area (Å²) in [5.41, 5.74) is 3.25. The number of fused-ring (bicyclic) bond motifs is 2. The van der Waals surface area contributed by atoms with Crippen LogP contribution in [0, 0.1) is 0 Å². The number of aromatic nitrogens is 3. The zero-order valence-electron chi connectivity index (χ0n) is 22.0. The van der Waals surface area contributed by atoms with Crippen LogP contribution in [0.3, 0.4) is 0 Å². The van der Waals surface area contributed by atoms with Crippen molar-refractivity contribution in [1.82, 2.24) is 20.3 Å². The van der Waals surface area contributed by atoms with Gasteiger partial charge in [0.2, 0.25) is 18.6 Å². The van der Waals surface area contributed by atoms with E-state index in [0.29, 0.717) is 28.3 Å². The van der Waals surface area contributed by atoms with E-state index in [0.717, 1.165) is 17.5 Å². The van der Waals surface area contributed by atoms with Gasteiger partial charge < -0.3 is 14.8 Å². The number of nitrogens with zero attached hydrogens (tertiary/aromatic N) is 4. The highest BCUT2D eigenvalue weighted by Crippen LogP contribution is 2.38. The van der Waals surface area contributed by atoms with Crippen molar-refractivity contribution in [2.45, 2.75) is 52.2 Å². The smallest absolute Gasteiger partial charge is 0.249 e. The lowest BCUT2D eigenvalue weighted by Gasteiger charge is -2.34. The highest BCUT2D eigenvalue weighted by atomic mass is 16.7. The minimum atomic E-state index is -0.942. The van der Waals surface area contributed by atoms with Gasteiger partial charge in [-0.25, -0.2) is 4.68 Å². The lowest BCUT2D eigenvalue weighted by molar-refractivity contribution is -0.128. The van der Waals surface area contributed by atoms with Gasteiger partial charge in [0.1, 0.15) is 18.1 Å². The first-order chi connectivity index (χ1) is 18.2. The topological polar surface area (TPSA) is 98.6 Å². The molecule has 1 aromatic heterocycles. The predicted molar refractivity (Wildman–Crippen MR) is 144 cm³/mol. The van der Waals surface area contributed by atoms with E-state index in [1.165, 1.54) is 4.90 Å². The Balaban J connectivity index is 1.61. The fourth-order valence-corrected chi connectivity index (χ4v) is 4.50. The molecular weight excluding hydrogens is 482 g/mol. The first kappa shape index (κ1) is 25.3. The van der Waals surface area contributed by atoms with E-state index in [2.05, 4.69) is 22.6 Å². The SMILES string of the molecule is CCc1ccc([C@H](C(=O)NC(C)(C)C)N(C(=O)Cn2nnc3ccccc32)c2ccc3c(c2)OCO3)cc1. The van der Waals surface area contributed by atoms with Gasteiger partial charge in [0.15, 0.2) is 11.5 Å². The third-order valence-corrected chi connectivity index (χ3v) is 6.32. The van der Waals surface area contributed by atoms with Crippen LogP contribution in [0.15, 0.2) is 66.7 Å². The van der Waals surface area contributed by atoms with Crippen molar-refractivity contribution >= 4 is 28.5 Å². The van der Waals surface area contributed by atoms with Gasteiger partial charge >= 0.3 is 0 Å². The minimum Gasteiger partial charge on any atom is -0.454 e. The fraction of sp³-hybridized carbons (Fsp3) is 0.310. The van der Waals surface area contributed by atoms with Crippen LogP contribution in [0.2, 0.25) is 0 Å². The Kier molecular flexibility index (Phi) is 6.75. The number of nitrogens with one attached hydrogen (secondary N) is 1. The predicted octanol–water partition coefficient (Wildman–Crippen LogP) is 4.41. The van der Waals surface area contributed by atoms with Gasteiger partial charge in [-0.15, -0.1) is 5.10 Å². The number of amides is 2. The largest absolute Gasteiger partial charge is 0.454 e. The van der Waals surface area contributed by atoms with Crippen LogP contribution in [0.1, 0.15) is 44.9 Å². The molecule has 0 radical (unpaired) electrons. The Morgan fingerprint density at radius 1 is 1.03 bits per heavy atom. The summed E-state index contributed by atoms with van der Waals surface area (Å²) in [6, 6.07) is 19.5. The van der Waals surface area contributed by atoms with Crippen molar-refractivity contribution < 1.29 is 19.1 Å². The molecule has 9 nitrogen and oxygen atoms in total. The van der Waals surface area contributed by atoms with Gasteiger partial charge in [-0.1, -0.05) is 48.5 Å². The van der Waals surface area contributed by atoms with E-state index in [4.69, 9.17) is 9.47 Å². The summed E-state index contributed by atoms with van der Waals surface area (Å²) in [5, 5.41) is 11.5. The molecule has 0 saturated carbocycles. The maximum Gasteiger partial charge on any atom is 0.249 e. The van der Waals surface area contributed by atoms with Crippen LogP contribution in [0.5, 0.6) is 11.5 Å². The molecule has 4 aromatic rings. The van der Waals surface area contributed by atoms with Crippen molar-refractivity contribution in [3.63, 3.8) is 0 Å². The standard InChI is InChI=1S/C29H31N5O4/c1-5-19-10-12-20(13-11-19)27(28(36)30-29(2,3)4)34(21-14-15-24-25(16-21)38-18-37-24)26(35)17-33-23-9-7-6-8-22(23)31-32-33/h6-16,27H,5,17-18H2,1-4H3,(H,30,36)/t27-/m1/s1. The van der Waals surface area contributed by atoms with E-state index in [9.17, 15) is 9.59 Å². The Labute approximate surface area is 221 Å². The van der Waals surface area contributed by atoms with Crippen LogP contribution in [0.4, 0.5) is 5.69 Å². The molecule has 1 N–H and O–H groups in total. The molecule has 0 saturated heterocycles. The highest BCUT2D eigenvalue weighted by molar-refractivity contribution is 6.02. The molecule has 1 aliphatic rings. The molecule has 5 rings (SSSR count). The summed E-state index contributed by atoms with van der Waals surface area (Å²) >= 11 is 0. The normalized spacial score (nSPS) is 13.4. The number of hydrogen-bond acceptors (Lipinski definition) is 6. The Hall–Kier alpha value is -4.40. The van der Waals surface area contributed by atoms with Gasteiger partial charge in [0.25, 0.3) is 0 Å². The van der Waals surface area contributed by atoms with Crippen LogP contribution >= 0.6 is 0 Å². The van der Waals surface area contributed by atoms with E-state index in [-0.39, 0.29) is 25.2 Å². The molecule has 0 bridgehead atoms. The lowest BCUT2D eigenvalue weighted by Crippen LogP contribution is -2.50. The van der Waals surface area contributed by atoms with Crippen molar-refractivity contribution in [2.75, 3.05) is 11.7 Å². The Bertz CT molecular complexity index is 1470. The van der Waals surface area contributed by atoms with E-state index >= 15 is 0 Å². The first-order valence-corrected chi connectivity index (χ1v) is 12.6. The van der Waals surface area contributed by atoms with Crippen molar-refractivity contribution in [3.8, 4) is 11.5 Å². The van der Waals surface area contributed by atoms with Gasteiger partial charge in [-0.3, -0.25) is 14.5 Å². The Morgan fingerprint density at radius 3 is 2.50 bits per heavy atom. The van der Waals surface area contributed by atoms with Crippen LogP contribution in [-0.2, 0) is 22.6 Å². The second-order valence-corrected chi connectivity index (χ2v) is 10.3. The number of rotatable bonds is 7. The molecule has 1 aliphatic heterocycles. The second-order valence-electron chi connectivity index (χ2n) is 10.3. The monoisotopic (exact) mass is 513 g/mol. The molecule has 0 fully saturated rings. The molecule has 0 spiro atoms. The summed E-state index contributed by atoms with van der Waals surface area (Å²) in [7, 11) is 0. The number of benzene rings is 3. The zero-order valence-corrected chi connectivity index (χ0v) is 22.0. The number of aryl methyl sites for hydroxylation is 1. The van der Waals surface area contributed by atoms with Crippen molar-refractivity contribution in [2.24, 2.45) is 0 Å². The molecule has 9 heteroatoms.